The van der Waals surface area contributed by atoms with Crippen molar-refractivity contribution in [2.24, 2.45) is 0 Å². The summed E-state index contributed by atoms with van der Waals surface area (Å²) in [6.07, 6.45) is 3.53. The maximum Gasteiger partial charge on any atom is 0.241 e. The zero-order valence-electron chi connectivity index (χ0n) is 20.8. The SMILES string of the molecule is CC(NC(=O)CN(c1ccc(OCc2ccccc2)cc1)S(C)(=O)=O)c1ccc(N2CCCC2)cc1. The molecule has 36 heavy (non-hydrogen) atoms. The first-order valence-electron chi connectivity index (χ1n) is 12.2. The van der Waals surface area contributed by atoms with E-state index in [0.717, 1.165) is 34.8 Å². The molecule has 1 aliphatic rings. The molecule has 8 heteroatoms. The van der Waals surface area contributed by atoms with E-state index in [-0.39, 0.29) is 18.5 Å². The van der Waals surface area contributed by atoms with Crippen molar-refractivity contribution >= 4 is 27.3 Å². The predicted octanol–water partition coefficient (Wildman–Crippen LogP) is 4.51. The number of carbonyl (C=O) groups excluding carboxylic acids is 1. The highest BCUT2D eigenvalue weighted by Crippen LogP contribution is 2.24. The molecule has 1 unspecified atom stereocenters. The molecule has 0 aliphatic carbocycles. The van der Waals surface area contributed by atoms with Gasteiger partial charge in [0.25, 0.3) is 0 Å². The minimum absolute atomic E-state index is 0.250. The first-order valence-corrected chi connectivity index (χ1v) is 14.0. The molecule has 3 aromatic carbocycles. The van der Waals surface area contributed by atoms with Crippen LogP contribution in [-0.2, 0) is 21.4 Å². The van der Waals surface area contributed by atoms with Gasteiger partial charge in [-0.05, 0) is 67.3 Å². The molecule has 0 aromatic heterocycles. The quantitative estimate of drug-likeness (QED) is 0.437. The zero-order chi connectivity index (χ0) is 25.5. The summed E-state index contributed by atoms with van der Waals surface area (Å²) >= 11 is 0. The maximum absolute atomic E-state index is 12.8. The van der Waals surface area contributed by atoms with Crippen molar-refractivity contribution in [1.29, 1.82) is 0 Å². The Morgan fingerprint density at radius 2 is 1.61 bits per heavy atom. The normalized spacial score (nSPS) is 14.3. The van der Waals surface area contributed by atoms with Gasteiger partial charge in [-0.2, -0.15) is 0 Å². The molecule has 1 saturated heterocycles. The van der Waals surface area contributed by atoms with E-state index in [0.29, 0.717) is 18.0 Å². The largest absolute Gasteiger partial charge is 0.489 e. The van der Waals surface area contributed by atoms with Crippen molar-refractivity contribution < 1.29 is 17.9 Å². The minimum Gasteiger partial charge on any atom is -0.489 e. The van der Waals surface area contributed by atoms with Crippen LogP contribution in [0.25, 0.3) is 0 Å². The monoisotopic (exact) mass is 507 g/mol. The number of sulfonamides is 1. The Balaban J connectivity index is 1.36. The maximum atomic E-state index is 12.8. The van der Waals surface area contributed by atoms with Crippen molar-refractivity contribution in [2.45, 2.75) is 32.4 Å². The molecule has 1 fully saturated rings. The molecular weight excluding hydrogens is 474 g/mol. The first kappa shape index (κ1) is 25.6. The molecule has 0 bridgehead atoms. The van der Waals surface area contributed by atoms with Gasteiger partial charge in [0.1, 0.15) is 18.9 Å². The van der Waals surface area contributed by atoms with E-state index >= 15 is 0 Å². The van der Waals surface area contributed by atoms with Crippen LogP contribution in [0.15, 0.2) is 78.9 Å². The van der Waals surface area contributed by atoms with Crippen LogP contribution in [0.1, 0.15) is 36.9 Å². The molecular formula is C28H33N3O4S. The van der Waals surface area contributed by atoms with Crippen LogP contribution in [0.4, 0.5) is 11.4 Å². The molecule has 1 aliphatic heterocycles. The Morgan fingerprint density at radius 3 is 2.22 bits per heavy atom. The highest BCUT2D eigenvalue weighted by atomic mass is 32.2. The Bertz CT molecular complexity index is 1240. The van der Waals surface area contributed by atoms with Gasteiger partial charge in [-0.3, -0.25) is 9.10 Å². The smallest absolute Gasteiger partial charge is 0.241 e. The first-order chi connectivity index (χ1) is 17.3. The number of hydrogen-bond donors (Lipinski definition) is 1. The van der Waals surface area contributed by atoms with E-state index in [1.54, 1.807) is 24.3 Å². The van der Waals surface area contributed by atoms with Crippen molar-refractivity contribution in [2.75, 3.05) is 35.1 Å². The third-order valence-electron chi connectivity index (χ3n) is 6.30. The highest BCUT2D eigenvalue weighted by Gasteiger charge is 2.22. The van der Waals surface area contributed by atoms with E-state index in [1.165, 1.54) is 18.5 Å². The summed E-state index contributed by atoms with van der Waals surface area (Å²) in [6, 6.07) is 24.4. The van der Waals surface area contributed by atoms with Crippen molar-refractivity contribution in [3.63, 3.8) is 0 Å². The molecule has 1 heterocycles. The number of amides is 1. The lowest BCUT2D eigenvalue weighted by Crippen LogP contribution is -2.41. The van der Waals surface area contributed by atoms with Crippen LogP contribution in [0.2, 0.25) is 0 Å². The average molecular weight is 508 g/mol. The number of nitrogens with zero attached hydrogens (tertiary/aromatic N) is 2. The number of nitrogens with one attached hydrogen (secondary N) is 1. The lowest BCUT2D eigenvalue weighted by atomic mass is 10.1. The van der Waals surface area contributed by atoms with Crippen LogP contribution in [-0.4, -0.2) is 40.2 Å². The number of hydrogen-bond acceptors (Lipinski definition) is 5. The van der Waals surface area contributed by atoms with Crippen LogP contribution in [0, 0.1) is 0 Å². The van der Waals surface area contributed by atoms with Crippen molar-refractivity contribution in [1.82, 2.24) is 5.32 Å². The summed E-state index contributed by atoms with van der Waals surface area (Å²) in [5.74, 6) is 0.243. The van der Waals surface area contributed by atoms with Gasteiger partial charge in [-0.15, -0.1) is 0 Å². The van der Waals surface area contributed by atoms with Crippen LogP contribution < -0.4 is 19.3 Å². The third-order valence-corrected chi connectivity index (χ3v) is 7.44. The Morgan fingerprint density at radius 1 is 0.972 bits per heavy atom. The fourth-order valence-electron chi connectivity index (χ4n) is 4.30. The molecule has 4 rings (SSSR count). The lowest BCUT2D eigenvalue weighted by molar-refractivity contribution is -0.120. The van der Waals surface area contributed by atoms with E-state index in [2.05, 4.69) is 22.3 Å². The lowest BCUT2D eigenvalue weighted by Gasteiger charge is -2.24. The van der Waals surface area contributed by atoms with E-state index in [9.17, 15) is 13.2 Å². The second-order valence-corrected chi connectivity index (χ2v) is 11.0. The summed E-state index contributed by atoms with van der Waals surface area (Å²) in [5.41, 5.74) is 3.60. The fourth-order valence-corrected chi connectivity index (χ4v) is 5.16. The van der Waals surface area contributed by atoms with Gasteiger partial charge in [0, 0.05) is 18.8 Å². The number of anilines is 2. The molecule has 7 nitrogen and oxygen atoms in total. The van der Waals surface area contributed by atoms with E-state index in [1.807, 2.05) is 49.4 Å². The second-order valence-electron chi connectivity index (χ2n) is 9.11. The van der Waals surface area contributed by atoms with E-state index < -0.39 is 10.0 Å². The Hall–Kier alpha value is -3.52. The predicted molar refractivity (Wildman–Crippen MR) is 144 cm³/mol. The minimum atomic E-state index is -3.67. The van der Waals surface area contributed by atoms with Gasteiger partial charge in [-0.25, -0.2) is 8.42 Å². The fraction of sp³-hybridized carbons (Fsp3) is 0.321. The molecule has 1 atom stereocenters. The van der Waals surface area contributed by atoms with Gasteiger partial charge in [0.05, 0.1) is 18.0 Å². The topological polar surface area (TPSA) is 79.0 Å². The zero-order valence-corrected chi connectivity index (χ0v) is 21.6. The van der Waals surface area contributed by atoms with Crippen molar-refractivity contribution in [3.05, 3.63) is 90.0 Å². The number of benzene rings is 3. The standard InChI is InChI=1S/C28H33N3O4S/c1-22(24-10-12-25(13-11-24)30-18-6-7-19-30)29-28(32)20-31(36(2,33)34)26-14-16-27(17-15-26)35-21-23-8-4-3-5-9-23/h3-5,8-17,22H,6-7,18-21H2,1-2H3,(H,29,32). The number of carbonyl (C=O) groups is 1. The van der Waals surface area contributed by atoms with E-state index in [4.69, 9.17) is 4.74 Å². The highest BCUT2D eigenvalue weighted by molar-refractivity contribution is 7.92. The van der Waals surface area contributed by atoms with Gasteiger partial charge >= 0.3 is 0 Å². The summed E-state index contributed by atoms with van der Waals surface area (Å²) < 4.78 is 31.9. The molecule has 190 valence electrons. The average Bonchev–Trinajstić information content (AvgIpc) is 3.42. The molecule has 0 saturated carbocycles. The second kappa shape index (κ2) is 11.5. The Labute approximate surface area is 213 Å². The molecule has 3 aromatic rings. The van der Waals surface area contributed by atoms with Gasteiger partial charge in [0.2, 0.25) is 15.9 Å². The summed E-state index contributed by atoms with van der Waals surface area (Å²) in [4.78, 5) is 15.2. The summed E-state index contributed by atoms with van der Waals surface area (Å²) in [5, 5.41) is 2.92. The molecule has 1 N–H and O–H groups in total. The Kier molecular flexibility index (Phi) is 8.15. The summed E-state index contributed by atoms with van der Waals surface area (Å²) in [6.45, 7) is 4.15. The van der Waals surface area contributed by atoms with Gasteiger partial charge < -0.3 is 15.0 Å². The van der Waals surface area contributed by atoms with Crippen molar-refractivity contribution in [3.8, 4) is 5.75 Å². The van der Waals surface area contributed by atoms with Crippen LogP contribution >= 0.6 is 0 Å². The van der Waals surface area contributed by atoms with Gasteiger partial charge in [0.15, 0.2) is 0 Å². The number of ether oxygens (including phenoxy) is 1. The summed E-state index contributed by atoms with van der Waals surface area (Å²) in [7, 11) is -3.67. The number of rotatable bonds is 10. The molecule has 0 spiro atoms. The molecule has 0 radical (unpaired) electrons. The molecule has 1 amide bonds. The van der Waals surface area contributed by atoms with Crippen LogP contribution in [0.3, 0.4) is 0 Å². The third kappa shape index (κ3) is 6.79. The van der Waals surface area contributed by atoms with Crippen LogP contribution in [0.5, 0.6) is 5.75 Å². The van der Waals surface area contributed by atoms with Gasteiger partial charge in [-0.1, -0.05) is 42.5 Å².